The lowest BCUT2D eigenvalue weighted by atomic mass is 10.0. The summed E-state index contributed by atoms with van der Waals surface area (Å²) < 4.78 is 60.2. The van der Waals surface area contributed by atoms with Crippen molar-refractivity contribution in [3.8, 4) is 34.0 Å². The highest BCUT2D eigenvalue weighted by Gasteiger charge is 2.29. The lowest BCUT2D eigenvalue weighted by Gasteiger charge is -2.24. The number of aryl methyl sites for hydroxylation is 1. The maximum Gasteiger partial charge on any atom is 0.257 e. The zero-order valence-corrected chi connectivity index (χ0v) is 24.7. The van der Waals surface area contributed by atoms with Crippen LogP contribution in [0.2, 0.25) is 0 Å². The predicted octanol–water partition coefficient (Wildman–Crippen LogP) is 6.40. The Morgan fingerprint density at radius 2 is 1.77 bits per heavy atom. The second kappa shape index (κ2) is 11.2. The number of sulfonamides is 1. The minimum atomic E-state index is -4.20. The molecule has 0 spiro atoms. The topological polar surface area (TPSA) is 121 Å². The highest BCUT2D eigenvalue weighted by molar-refractivity contribution is 7.92. The van der Waals surface area contributed by atoms with Gasteiger partial charge in [-0.05, 0) is 25.1 Å². The second-order valence-electron chi connectivity index (χ2n) is 10.4. The van der Waals surface area contributed by atoms with E-state index in [1.54, 1.807) is 24.4 Å². The molecule has 12 heteroatoms. The molecule has 6 aromatic rings. The summed E-state index contributed by atoms with van der Waals surface area (Å²) in [5.41, 5.74) is 4.25. The number of hydrogen-bond donors (Lipinski definition) is 2. The van der Waals surface area contributed by atoms with Crippen LogP contribution in [0.25, 0.3) is 55.8 Å². The Labute approximate surface area is 251 Å². The van der Waals surface area contributed by atoms with Gasteiger partial charge in [0, 0.05) is 40.5 Å². The summed E-state index contributed by atoms with van der Waals surface area (Å²) in [7, 11) is -2.71. The number of H-pyrrole nitrogens is 1. The molecule has 0 radical (unpaired) electrons. The molecule has 3 aromatic heterocycles. The highest BCUT2D eigenvalue weighted by Crippen LogP contribution is 2.41. The smallest absolute Gasteiger partial charge is 0.257 e. The Bertz CT molecular complexity index is 2110. The summed E-state index contributed by atoms with van der Waals surface area (Å²) in [4.78, 5) is 25.6. The molecule has 9 nitrogen and oxygen atoms in total. The molecule has 0 saturated heterocycles. The number of amides is 1. The number of rotatable bonds is 8. The number of hydrogen-bond acceptors (Lipinski definition) is 6. The van der Waals surface area contributed by atoms with Gasteiger partial charge in [-0.2, -0.15) is 0 Å². The molecule has 0 aliphatic rings. The summed E-state index contributed by atoms with van der Waals surface area (Å²) in [5, 5.41) is 3.94. The van der Waals surface area contributed by atoms with E-state index in [0.29, 0.717) is 26.6 Å². The molecule has 0 aliphatic heterocycles. The van der Waals surface area contributed by atoms with Crippen LogP contribution in [0.5, 0.6) is 0 Å². The number of aromatic amines is 1. The molecular weight excluding hydrogens is 588 g/mol. The van der Waals surface area contributed by atoms with Crippen LogP contribution < -0.4 is 9.62 Å². The number of benzene rings is 3. The molecule has 6 rings (SSSR count). The fraction of sp³-hybridized carbons (Fsp3) is 0.156. The largest absolute Gasteiger partial charge is 0.455 e. The summed E-state index contributed by atoms with van der Waals surface area (Å²) >= 11 is 0. The molecule has 0 fully saturated rings. The molecule has 0 unspecified atom stereocenters. The Morgan fingerprint density at radius 1 is 1.05 bits per heavy atom. The third-order valence-electron chi connectivity index (χ3n) is 7.26. The van der Waals surface area contributed by atoms with Crippen molar-refractivity contribution in [1.82, 2.24) is 20.3 Å². The average Bonchev–Trinajstić information content (AvgIpc) is 3.60. The number of carbonyl (C=O) groups is 1. The molecule has 2 N–H and O–H groups in total. The molecule has 3 heterocycles. The molecule has 1 amide bonds. The van der Waals surface area contributed by atoms with Crippen LogP contribution in [0.3, 0.4) is 0 Å². The number of anilines is 1. The van der Waals surface area contributed by atoms with Crippen molar-refractivity contribution in [2.75, 3.05) is 24.2 Å². The van der Waals surface area contributed by atoms with Gasteiger partial charge in [-0.15, -0.1) is 0 Å². The van der Waals surface area contributed by atoms with Crippen molar-refractivity contribution in [1.29, 1.82) is 0 Å². The number of para-hydroxylation sites is 1. The van der Waals surface area contributed by atoms with Crippen LogP contribution in [0.1, 0.15) is 15.9 Å². The van der Waals surface area contributed by atoms with Crippen LogP contribution in [0.15, 0.2) is 83.5 Å². The normalized spacial score (nSPS) is 11.9. The Morgan fingerprint density at radius 3 is 2.45 bits per heavy atom. The minimum Gasteiger partial charge on any atom is -0.455 e. The molecular formula is C32H27F2N5O4S. The minimum absolute atomic E-state index is 0.0870. The Kier molecular flexibility index (Phi) is 7.38. The van der Waals surface area contributed by atoms with E-state index in [-0.39, 0.29) is 33.9 Å². The summed E-state index contributed by atoms with van der Waals surface area (Å²) in [6, 6.07) is 19.8. The van der Waals surface area contributed by atoms with Crippen molar-refractivity contribution in [2.24, 2.45) is 0 Å². The van der Waals surface area contributed by atoms with Crippen molar-refractivity contribution in [3.63, 3.8) is 0 Å². The van der Waals surface area contributed by atoms with E-state index in [9.17, 15) is 22.0 Å². The van der Waals surface area contributed by atoms with E-state index in [1.807, 2.05) is 49.4 Å². The van der Waals surface area contributed by atoms with Crippen molar-refractivity contribution < 1.29 is 26.4 Å². The molecule has 44 heavy (non-hydrogen) atoms. The first kappa shape index (κ1) is 29.0. The quantitative estimate of drug-likeness (QED) is 0.204. The molecule has 0 aliphatic carbocycles. The van der Waals surface area contributed by atoms with Gasteiger partial charge in [-0.1, -0.05) is 48.0 Å². The summed E-state index contributed by atoms with van der Waals surface area (Å²) in [6.45, 7) is 0.828. The van der Waals surface area contributed by atoms with Crippen molar-refractivity contribution >= 4 is 43.5 Å². The molecule has 0 saturated carbocycles. The number of furan rings is 1. The highest BCUT2D eigenvalue weighted by atomic mass is 32.2. The van der Waals surface area contributed by atoms with Crippen LogP contribution in [-0.4, -0.2) is 55.6 Å². The molecule has 0 bridgehead atoms. The predicted molar refractivity (Wildman–Crippen MR) is 166 cm³/mol. The van der Waals surface area contributed by atoms with E-state index in [2.05, 4.69) is 15.3 Å². The number of nitrogens with one attached hydrogen (secondary N) is 2. The lowest BCUT2D eigenvalue weighted by Crippen LogP contribution is -2.34. The van der Waals surface area contributed by atoms with Crippen LogP contribution >= 0.6 is 0 Å². The SMILES string of the molecule is CNC(=O)c1c(-c2ccc(C)cc2)oc2cc(N(CC(F)F)S(C)(=O)=O)c(-c3cncc(-c4cc5ccccc5[nH]4)n3)cc12. The Hall–Kier alpha value is -5.10. The second-order valence-corrected chi connectivity index (χ2v) is 12.3. The van der Waals surface area contributed by atoms with Crippen molar-refractivity contribution in [2.45, 2.75) is 13.3 Å². The van der Waals surface area contributed by atoms with E-state index >= 15 is 0 Å². The van der Waals surface area contributed by atoms with Gasteiger partial charge in [0.25, 0.3) is 12.3 Å². The van der Waals surface area contributed by atoms with Gasteiger partial charge in [0.05, 0.1) is 47.8 Å². The Balaban J connectivity index is 1.63. The van der Waals surface area contributed by atoms with Crippen LogP contribution in [0.4, 0.5) is 14.5 Å². The van der Waals surface area contributed by atoms with Gasteiger partial charge in [0.2, 0.25) is 10.0 Å². The van der Waals surface area contributed by atoms with Gasteiger partial charge in [0.15, 0.2) is 0 Å². The van der Waals surface area contributed by atoms with Gasteiger partial charge in [-0.3, -0.25) is 14.1 Å². The number of carbonyl (C=O) groups excluding carboxylic acids is 1. The standard InChI is InChI=1S/C32H27F2N5O4S/c1-18-8-10-19(11-9-18)31-30(32(40)35-2)22-13-21(27(14-28(22)43-31)39(17-29(33)34)44(3,41)42)25-15-36-16-26(38-25)24-12-20-6-4-5-7-23(20)37-24/h4-16,29,37H,17H2,1-3H3,(H,35,40). The average molecular weight is 616 g/mol. The van der Waals surface area contributed by atoms with Crippen LogP contribution in [0, 0.1) is 6.92 Å². The van der Waals surface area contributed by atoms with E-state index in [1.165, 1.54) is 19.3 Å². The maximum absolute atomic E-state index is 13.8. The molecule has 0 atom stereocenters. The fourth-order valence-corrected chi connectivity index (χ4v) is 6.07. The summed E-state index contributed by atoms with van der Waals surface area (Å²) in [6.07, 6.45) is 0.841. The fourth-order valence-electron chi connectivity index (χ4n) is 5.18. The monoisotopic (exact) mass is 615 g/mol. The lowest BCUT2D eigenvalue weighted by molar-refractivity contribution is 0.0964. The van der Waals surface area contributed by atoms with E-state index in [4.69, 9.17) is 9.40 Å². The molecule has 224 valence electrons. The first-order valence-corrected chi connectivity index (χ1v) is 15.4. The number of halogens is 2. The van der Waals surface area contributed by atoms with Crippen molar-refractivity contribution in [3.05, 3.63) is 90.3 Å². The van der Waals surface area contributed by atoms with E-state index in [0.717, 1.165) is 22.7 Å². The molecule has 3 aromatic carbocycles. The number of alkyl halides is 2. The zero-order chi connectivity index (χ0) is 31.2. The first-order valence-electron chi connectivity index (χ1n) is 13.6. The van der Waals surface area contributed by atoms with E-state index < -0.39 is 28.9 Å². The maximum atomic E-state index is 13.8. The van der Waals surface area contributed by atoms with Gasteiger partial charge in [0.1, 0.15) is 17.0 Å². The number of nitrogens with zero attached hydrogens (tertiary/aromatic N) is 3. The third-order valence-corrected chi connectivity index (χ3v) is 8.41. The van der Waals surface area contributed by atoms with Gasteiger partial charge in [-0.25, -0.2) is 22.2 Å². The summed E-state index contributed by atoms with van der Waals surface area (Å²) in [5.74, 6) is -0.191. The third kappa shape index (κ3) is 5.39. The number of aromatic nitrogens is 3. The number of fused-ring (bicyclic) bond motifs is 2. The zero-order valence-electron chi connectivity index (χ0n) is 23.9. The van der Waals surface area contributed by atoms with Gasteiger partial charge >= 0.3 is 0 Å². The van der Waals surface area contributed by atoms with Gasteiger partial charge < -0.3 is 14.7 Å². The van der Waals surface area contributed by atoms with Crippen LogP contribution in [-0.2, 0) is 10.0 Å². The first-order chi connectivity index (χ1) is 21.0.